The molecule has 110 valence electrons. The highest BCUT2D eigenvalue weighted by atomic mass is 32.2. The van der Waals surface area contributed by atoms with Crippen LogP contribution in [0, 0.1) is 0 Å². The number of nitrogens with one attached hydrogen (secondary N) is 1. The van der Waals surface area contributed by atoms with Crippen molar-refractivity contribution in [3.63, 3.8) is 0 Å². The van der Waals surface area contributed by atoms with Gasteiger partial charge in [-0.25, -0.2) is 13.1 Å². The van der Waals surface area contributed by atoms with Crippen LogP contribution in [-0.4, -0.2) is 15.0 Å². The van der Waals surface area contributed by atoms with Gasteiger partial charge in [0.25, 0.3) is 0 Å². The minimum Gasteiger partial charge on any atom is -0.211 e. The highest BCUT2D eigenvalue weighted by molar-refractivity contribution is 7.92. The second-order valence-electron chi connectivity index (χ2n) is 4.92. The minimum atomic E-state index is -3.41. The number of benzene rings is 2. The van der Waals surface area contributed by atoms with Crippen molar-refractivity contribution in [3.8, 4) is 0 Å². The van der Waals surface area contributed by atoms with Crippen LogP contribution >= 0.6 is 0 Å². The molecule has 2 aromatic carbocycles. The van der Waals surface area contributed by atoms with Crippen LogP contribution in [-0.2, 0) is 10.0 Å². The van der Waals surface area contributed by atoms with E-state index in [2.05, 4.69) is 4.72 Å². The first-order valence-electron chi connectivity index (χ1n) is 6.84. The van der Waals surface area contributed by atoms with E-state index in [0.717, 1.165) is 11.1 Å². The standard InChI is InChI=1S/C17H19NO2S/c1-15(17-10-6-3-7-11-17)14-18-21(19,20)13-12-16-8-4-2-5-9-16/h2-13,15,18H,14H2,1H3/b13-12+. The molecule has 2 rings (SSSR count). The lowest BCUT2D eigenvalue weighted by Gasteiger charge is -2.11. The number of hydrogen-bond acceptors (Lipinski definition) is 2. The second kappa shape index (κ2) is 7.20. The van der Waals surface area contributed by atoms with Crippen molar-refractivity contribution < 1.29 is 8.42 Å². The summed E-state index contributed by atoms with van der Waals surface area (Å²) in [7, 11) is -3.41. The molecule has 0 aromatic heterocycles. The minimum absolute atomic E-state index is 0.131. The van der Waals surface area contributed by atoms with E-state index in [4.69, 9.17) is 0 Å². The van der Waals surface area contributed by atoms with Gasteiger partial charge in [-0.15, -0.1) is 0 Å². The number of sulfonamides is 1. The maximum atomic E-state index is 11.9. The molecule has 0 aliphatic carbocycles. The van der Waals surface area contributed by atoms with Crippen LogP contribution in [0.3, 0.4) is 0 Å². The molecular weight excluding hydrogens is 282 g/mol. The maximum absolute atomic E-state index is 11.9. The summed E-state index contributed by atoms with van der Waals surface area (Å²) in [6, 6.07) is 19.2. The van der Waals surface area contributed by atoms with Gasteiger partial charge in [-0.1, -0.05) is 67.6 Å². The molecule has 21 heavy (non-hydrogen) atoms. The van der Waals surface area contributed by atoms with Gasteiger partial charge in [-0.05, 0) is 23.1 Å². The van der Waals surface area contributed by atoms with Gasteiger partial charge >= 0.3 is 0 Å². The Balaban J connectivity index is 1.94. The molecule has 0 radical (unpaired) electrons. The quantitative estimate of drug-likeness (QED) is 0.889. The summed E-state index contributed by atoms with van der Waals surface area (Å²) in [4.78, 5) is 0. The van der Waals surface area contributed by atoms with Gasteiger partial charge in [0.1, 0.15) is 0 Å². The maximum Gasteiger partial charge on any atom is 0.233 e. The van der Waals surface area contributed by atoms with Crippen molar-refractivity contribution in [3.05, 3.63) is 77.2 Å². The van der Waals surface area contributed by atoms with Gasteiger partial charge in [0.2, 0.25) is 10.0 Å². The predicted molar refractivity (Wildman–Crippen MR) is 87.3 cm³/mol. The largest absolute Gasteiger partial charge is 0.233 e. The van der Waals surface area contributed by atoms with E-state index in [1.165, 1.54) is 5.41 Å². The summed E-state index contributed by atoms with van der Waals surface area (Å²) in [5.74, 6) is 0.131. The molecule has 0 saturated heterocycles. The Morgan fingerprint density at radius 1 is 1.00 bits per heavy atom. The van der Waals surface area contributed by atoms with Crippen molar-refractivity contribution in [1.29, 1.82) is 0 Å². The van der Waals surface area contributed by atoms with E-state index in [9.17, 15) is 8.42 Å². The molecule has 3 nitrogen and oxygen atoms in total. The molecule has 0 aliphatic rings. The van der Waals surface area contributed by atoms with E-state index in [1.807, 2.05) is 67.6 Å². The van der Waals surface area contributed by atoms with Crippen molar-refractivity contribution >= 4 is 16.1 Å². The summed E-state index contributed by atoms with van der Waals surface area (Å²) >= 11 is 0. The lowest BCUT2D eigenvalue weighted by molar-refractivity contribution is 0.584. The first-order valence-corrected chi connectivity index (χ1v) is 8.39. The highest BCUT2D eigenvalue weighted by Gasteiger charge is 2.09. The molecule has 0 amide bonds. The lowest BCUT2D eigenvalue weighted by Crippen LogP contribution is -2.25. The smallest absolute Gasteiger partial charge is 0.211 e. The van der Waals surface area contributed by atoms with E-state index in [0.29, 0.717) is 6.54 Å². The van der Waals surface area contributed by atoms with Crippen molar-refractivity contribution in [2.45, 2.75) is 12.8 Å². The molecule has 0 bridgehead atoms. The predicted octanol–water partition coefficient (Wildman–Crippen LogP) is 3.38. The molecule has 0 spiro atoms. The van der Waals surface area contributed by atoms with Gasteiger partial charge in [-0.3, -0.25) is 0 Å². The van der Waals surface area contributed by atoms with Gasteiger partial charge < -0.3 is 0 Å². The van der Waals surface area contributed by atoms with E-state index < -0.39 is 10.0 Å². The fourth-order valence-electron chi connectivity index (χ4n) is 1.92. The number of hydrogen-bond donors (Lipinski definition) is 1. The Labute approximate surface area is 126 Å². The Kier molecular flexibility index (Phi) is 5.31. The zero-order valence-electron chi connectivity index (χ0n) is 11.9. The van der Waals surface area contributed by atoms with Crippen LogP contribution in [0.25, 0.3) is 6.08 Å². The fourth-order valence-corrected chi connectivity index (χ4v) is 2.84. The molecule has 0 heterocycles. The third-order valence-corrected chi connectivity index (χ3v) is 4.26. The summed E-state index contributed by atoms with van der Waals surface area (Å²) < 4.78 is 26.5. The molecule has 4 heteroatoms. The van der Waals surface area contributed by atoms with Crippen LogP contribution in [0.1, 0.15) is 24.0 Å². The van der Waals surface area contributed by atoms with Crippen LogP contribution in [0.4, 0.5) is 0 Å². The average Bonchev–Trinajstić information content (AvgIpc) is 2.53. The average molecular weight is 301 g/mol. The van der Waals surface area contributed by atoms with Gasteiger partial charge in [0.15, 0.2) is 0 Å². The van der Waals surface area contributed by atoms with E-state index >= 15 is 0 Å². The molecule has 1 atom stereocenters. The van der Waals surface area contributed by atoms with Crippen molar-refractivity contribution in [1.82, 2.24) is 4.72 Å². The number of rotatable bonds is 6. The SMILES string of the molecule is CC(CNS(=O)(=O)/C=C/c1ccccc1)c1ccccc1. The lowest BCUT2D eigenvalue weighted by atomic mass is 10.0. The molecule has 2 aromatic rings. The van der Waals surface area contributed by atoms with E-state index in [-0.39, 0.29) is 5.92 Å². The Morgan fingerprint density at radius 2 is 1.57 bits per heavy atom. The fraction of sp³-hybridized carbons (Fsp3) is 0.176. The Hall–Kier alpha value is -1.91. The molecule has 0 aliphatic heterocycles. The van der Waals surface area contributed by atoms with Gasteiger partial charge in [0.05, 0.1) is 0 Å². The van der Waals surface area contributed by atoms with Crippen LogP contribution < -0.4 is 4.72 Å². The molecular formula is C17H19NO2S. The first-order chi connectivity index (χ1) is 10.1. The first kappa shape index (κ1) is 15.5. The van der Waals surface area contributed by atoms with Crippen LogP contribution in [0.2, 0.25) is 0 Å². The van der Waals surface area contributed by atoms with Crippen molar-refractivity contribution in [2.75, 3.05) is 6.54 Å². The topological polar surface area (TPSA) is 46.2 Å². The summed E-state index contributed by atoms with van der Waals surface area (Å²) in [6.07, 6.45) is 1.59. The monoisotopic (exact) mass is 301 g/mol. The Bertz CT molecular complexity index is 679. The Morgan fingerprint density at radius 3 is 2.19 bits per heavy atom. The summed E-state index contributed by atoms with van der Waals surface area (Å²) in [5, 5.41) is 1.21. The second-order valence-corrected chi connectivity index (χ2v) is 6.57. The summed E-state index contributed by atoms with van der Waals surface area (Å²) in [6.45, 7) is 2.38. The zero-order chi connectivity index (χ0) is 15.1. The third kappa shape index (κ3) is 5.17. The molecule has 0 saturated carbocycles. The zero-order valence-corrected chi connectivity index (χ0v) is 12.8. The highest BCUT2D eigenvalue weighted by Crippen LogP contribution is 2.13. The molecule has 1 unspecified atom stereocenters. The van der Waals surface area contributed by atoms with E-state index in [1.54, 1.807) is 6.08 Å². The normalized spacial score (nSPS) is 13.4. The van der Waals surface area contributed by atoms with Crippen molar-refractivity contribution in [2.24, 2.45) is 0 Å². The molecule has 0 fully saturated rings. The molecule has 1 N–H and O–H groups in total. The van der Waals surface area contributed by atoms with Crippen LogP contribution in [0.5, 0.6) is 0 Å². The third-order valence-electron chi connectivity index (χ3n) is 3.20. The van der Waals surface area contributed by atoms with Gasteiger partial charge in [0, 0.05) is 12.0 Å². The van der Waals surface area contributed by atoms with Crippen LogP contribution in [0.15, 0.2) is 66.1 Å². The summed E-state index contributed by atoms with van der Waals surface area (Å²) in [5.41, 5.74) is 1.98. The van der Waals surface area contributed by atoms with Gasteiger partial charge in [-0.2, -0.15) is 0 Å².